The highest BCUT2D eigenvalue weighted by Crippen LogP contribution is 2.27. The molecule has 0 atom stereocenters. The lowest BCUT2D eigenvalue weighted by Crippen LogP contribution is -1.97. The van der Waals surface area contributed by atoms with Gasteiger partial charge in [-0.25, -0.2) is 13.2 Å². The Morgan fingerprint density at radius 3 is 2.30 bits per heavy atom. The van der Waals surface area contributed by atoms with Gasteiger partial charge in [-0.15, -0.1) is 0 Å². The first-order chi connectivity index (χ1) is 16.0. The Morgan fingerprint density at radius 2 is 1.55 bits per heavy atom. The van der Waals surface area contributed by atoms with Crippen LogP contribution in [0.1, 0.15) is 49.3 Å². The van der Waals surface area contributed by atoms with Gasteiger partial charge in [0, 0.05) is 17.1 Å². The van der Waals surface area contributed by atoms with Gasteiger partial charge < -0.3 is 0 Å². The van der Waals surface area contributed by atoms with E-state index < -0.39 is 11.6 Å². The highest BCUT2D eigenvalue weighted by molar-refractivity contribution is 5.88. The van der Waals surface area contributed by atoms with Crippen molar-refractivity contribution in [3.8, 4) is 11.3 Å². The Bertz CT molecular complexity index is 1230. The van der Waals surface area contributed by atoms with Gasteiger partial charge in [0.05, 0.1) is 5.69 Å². The zero-order valence-electron chi connectivity index (χ0n) is 18.9. The van der Waals surface area contributed by atoms with Gasteiger partial charge in [-0.3, -0.25) is 4.98 Å². The Labute approximate surface area is 193 Å². The van der Waals surface area contributed by atoms with Crippen molar-refractivity contribution in [3.05, 3.63) is 101 Å². The summed E-state index contributed by atoms with van der Waals surface area (Å²) in [4.78, 5) is 4.62. The van der Waals surface area contributed by atoms with E-state index in [1.807, 2.05) is 30.5 Å². The molecule has 0 N–H and O–H groups in total. The Balaban J connectivity index is 1.47. The van der Waals surface area contributed by atoms with Gasteiger partial charge >= 0.3 is 0 Å². The van der Waals surface area contributed by atoms with Crippen molar-refractivity contribution in [3.63, 3.8) is 0 Å². The van der Waals surface area contributed by atoms with Crippen molar-refractivity contribution >= 4 is 10.8 Å². The third kappa shape index (κ3) is 5.62. The maximum Gasteiger partial charge on any atom is 0.159 e. The molecule has 1 nitrogen and oxygen atoms in total. The molecule has 4 rings (SSSR count). The molecule has 0 aliphatic heterocycles. The lowest BCUT2D eigenvalue weighted by molar-refractivity contribution is 0.507. The van der Waals surface area contributed by atoms with Gasteiger partial charge in [0.25, 0.3) is 0 Å². The van der Waals surface area contributed by atoms with Crippen molar-refractivity contribution in [2.45, 2.75) is 51.9 Å². The van der Waals surface area contributed by atoms with Gasteiger partial charge in [0.2, 0.25) is 0 Å². The maximum atomic E-state index is 15.1. The molecule has 1 aromatic heterocycles. The van der Waals surface area contributed by atoms with Crippen LogP contribution in [0.25, 0.3) is 22.0 Å². The average Bonchev–Trinajstić information content (AvgIpc) is 2.84. The number of unbranched alkanes of at least 4 members (excludes halogenated alkanes) is 3. The number of nitrogens with zero attached hydrogens (tertiary/aromatic N) is 1. The minimum atomic E-state index is -0.878. The number of aryl methyl sites for hydroxylation is 3. The van der Waals surface area contributed by atoms with Crippen molar-refractivity contribution in [2.24, 2.45) is 0 Å². The van der Waals surface area contributed by atoms with Crippen LogP contribution in [0, 0.1) is 17.5 Å². The lowest BCUT2D eigenvalue weighted by Gasteiger charge is -2.09. The van der Waals surface area contributed by atoms with E-state index in [2.05, 4.69) is 18.0 Å². The molecule has 170 valence electrons. The smallest absolute Gasteiger partial charge is 0.159 e. The SMILES string of the molecule is CCCCCCc1ccc(-c2ccc3c(F)c(CCc4ccc(F)c(F)c4)ccc3c2)nc1. The zero-order chi connectivity index (χ0) is 23.2. The Kier molecular flexibility index (Phi) is 7.43. The van der Waals surface area contributed by atoms with Crippen LogP contribution >= 0.6 is 0 Å². The average molecular weight is 448 g/mol. The van der Waals surface area contributed by atoms with E-state index >= 15 is 4.39 Å². The first kappa shape index (κ1) is 23.0. The van der Waals surface area contributed by atoms with Crippen LogP contribution in [-0.4, -0.2) is 4.98 Å². The third-order valence-corrected chi connectivity index (χ3v) is 6.14. The number of halogens is 3. The van der Waals surface area contributed by atoms with Crippen LogP contribution in [-0.2, 0) is 19.3 Å². The quantitative estimate of drug-likeness (QED) is 0.236. The molecule has 1 heterocycles. The topological polar surface area (TPSA) is 12.9 Å². The zero-order valence-corrected chi connectivity index (χ0v) is 18.9. The molecule has 0 unspecified atom stereocenters. The molecule has 4 heteroatoms. The number of benzene rings is 3. The number of aromatic nitrogens is 1. The molecule has 0 radical (unpaired) electrons. The van der Waals surface area contributed by atoms with Gasteiger partial charge in [0.1, 0.15) is 5.82 Å². The summed E-state index contributed by atoms with van der Waals surface area (Å²) < 4.78 is 41.7. The van der Waals surface area contributed by atoms with E-state index in [0.29, 0.717) is 29.4 Å². The summed E-state index contributed by atoms with van der Waals surface area (Å²) in [5.41, 5.74) is 4.27. The fraction of sp³-hybridized carbons (Fsp3) is 0.276. The van der Waals surface area contributed by atoms with Crippen molar-refractivity contribution < 1.29 is 13.2 Å². The number of fused-ring (bicyclic) bond motifs is 1. The molecule has 33 heavy (non-hydrogen) atoms. The molecule has 0 fully saturated rings. The number of rotatable bonds is 9. The number of hydrogen-bond donors (Lipinski definition) is 0. The highest BCUT2D eigenvalue weighted by atomic mass is 19.2. The van der Waals surface area contributed by atoms with Crippen molar-refractivity contribution in [2.75, 3.05) is 0 Å². The molecule has 0 spiro atoms. The fourth-order valence-corrected chi connectivity index (χ4v) is 4.16. The van der Waals surface area contributed by atoms with E-state index in [4.69, 9.17) is 0 Å². The summed E-state index contributed by atoms with van der Waals surface area (Å²) in [5.74, 6) is -2.02. The molecule has 4 aromatic rings. The Hall–Kier alpha value is -3.14. The summed E-state index contributed by atoms with van der Waals surface area (Å²) >= 11 is 0. The maximum absolute atomic E-state index is 15.1. The van der Waals surface area contributed by atoms with Crippen LogP contribution in [0.3, 0.4) is 0 Å². The summed E-state index contributed by atoms with van der Waals surface area (Å²) in [5, 5.41) is 1.36. The first-order valence-corrected chi connectivity index (χ1v) is 11.7. The minimum Gasteiger partial charge on any atom is -0.256 e. The number of hydrogen-bond acceptors (Lipinski definition) is 1. The molecule has 0 aliphatic carbocycles. The summed E-state index contributed by atoms with van der Waals surface area (Å²) in [7, 11) is 0. The van der Waals surface area contributed by atoms with Crippen LogP contribution in [0.15, 0.2) is 66.9 Å². The molecule has 0 saturated heterocycles. The predicted octanol–water partition coefficient (Wildman–Crippen LogP) is 8.23. The van der Waals surface area contributed by atoms with Crippen LogP contribution in [0.4, 0.5) is 13.2 Å². The van der Waals surface area contributed by atoms with E-state index in [1.165, 1.54) is 43.4 Å². The van der Waals surface area contributed by atoms with E-state index in [-0.39, 0.29) is 5.82 Å². The highest BCUT2D eigenvalue weighted by Gasteiger charge is 2.10. The summed E-state index contributed by atoms with van der Waals surface area (Å²) in [6.07, 6.45) is 8.76. The lowest BCUT2D eigenvalue weighted by atomic mass is 9.98. The molecule has 0 aliphatic rings. The van der Waals surface area contributed by atoms with Crippen molar-refractivity contribution in [1.29, 1.82) is 0 Å². The monoisotopic (exact) mass is 447 g/mol. The molecule has 0 saturated carbocycles. The van der Waals surface area contributed by atoms with E-state index in [0.717, 1.165) is 29.1 Å². The molecule has 0 amide bonds. The summed E-state index contributed by atoms with van der Waals surface area (Å²) in [6.45, 7) is 2.21. The minimum absolute atomic E-state index is 0.267. The van der Waals surface area contributed by atoms with Crippen LogP contribution < -0.4 is 0 Å². The summed E-state index contributed by atoms with van der Waals surface area (Å²) in [6, 6.07) is 17.3. The van der Waals surface area contributed by atoms with E-state index in [9.17, 15) is 8.78 Å². The molecule has 3 aromatic carbocycles. The second-order valence-corrected chi connectivity index (χ2v) is 8.59. The second-order valence-electron chi connectivity index (χ2n) is 8.59. The van der Waals surface area contributed by atoms with Gasteiger partial charge in [0.15, 0.2) is 11.6 Å². The third-order valence-electron chi connectivity index (χ3n) is 6.14. The van der Waals surface area contributed by atoms with Crippen LogP contribution in [0.2, 0.25) is 0 Å². The molecule has 0 bridgehead atoms. The van der Waals surface area contributed by atoms with Gasteiger partial charge in [-0.2, -0.15) is 0 Å². The van der Waals surface area contributed by atoms with Gasteiger partial charge in [-0.05, 0) is 72.0 Å². The standard InChI is InChI=1S/C29H28F3N/c1-2-3-4-5-6-21-9-16-28(33-19-21)24-13-14-25-23(18-24)12-11-22(29(25)32)10-7-20-8-15-26(30)27(31)17-20/h8-9,11-19H,2-7,10H2,1H3. The first-order valence-electron chi connectivity index (χ1n) is 11.7. The number of pyridine rings is 1. The second kappa shape index (κ2) is 10.7. The van der Waals surface area contributed by atoms with Crippen LogP contribution in [0.5, 0.6) is 0 Å². The molecular formula is C29H28F3N. The Morgan fingerprint density at radius 1 is 0.697 bits per heavy atom. The fourth-order valence-electron chi connectivity index (χ4n) is 4.16. The van der Waals surface area contributed by atoms with Crippen molar-refractivity contribution in [1.82, 2.24) is 4.98 Å². The van der Waals surface area contributed by atoms with Gasteiger partial charge in [-0.1, -0.05) is 62.6 Å². The van der Waals surface area contributed by atoms with E-state index in [1.54, 1.807) is 12.1 Å². The predicted molar refractivity (Wildman–Crippen MR) is 129 cm³/mol. The normalized spacial score (nSPS) is 11.3. The largest absolute Gasteiger partial charge is 0.256 e. The molecular weight excluding hydrogens is 419 g/mol.